The fraction of sp³-hybridized carbons (Fsp3) is 0.800. The minimum absolute atomic E-state index is 0.0914. The number of fused-ring (bicyclic) bond motifs is 1. The predicted octanol–water partition coefficient (Wildman–Crippen LogP) is 1.97. The Morgan fingerprint density at radius 1 is 1.55 bits per heavy atom. The van der Waals surface area contributed by atoms with E-state index in [9.17, 15) is 5.11 Å². The van der Waals surface area contributed by atoms with Gasteiger partial charge in [-0.2, -0.15) is 0 Å². The summed E-state index contributed by atoms with van der Waals surface area (Å²) in [5.41, 5.74) is 1.57. The lowest BCUT2D eigenvalue weighted by atomic mass is 9.53. The zero-order valence-corrected chi connectivity index (χ0v) is 7.46. The zero-order chi connectivity index (χ0) is 8.22. The molecule has 0 heterocycles. The van der Waals surface area contributed by atoms with E-state index in [2.05, 4.69) is 26.8 Å². The van der Waals surface area contributed by atoms with Gasteiger partial charge in [0.1, 0.15) is 0 Å². The van der Waals surface area contributed by atoms with Gasteiger partial charge in [-0.15, -0.1) is 0 Å². The van der Waals surface area contributed by atoms with Gasteiger partial charge in [-0.3, -0.25) is 0 Å². The van der Waals surface area contributed by atoms with Crippen LogP contribution >= 0.6 is 0 Å². The fourth-order valence-electron chi connectivity index (χ4n) is 2.71. The maximum absolute atomic E-state index is 9.78. The standard InChI is InChI=1S/C10H16O/c1-6-4-5-7-8(6)9(11)10(7,2)3/h4,7-9,11H,5H2,1-3H3/t7-,8+,9+/m1/s1. The SMILES string of the molecule is CC1=CC[C@@H]2[C@H]1[C@H](O)C2(C)C. The minimum Gasteiger partial charge on any atom is -0.392 e. The van der Waals surface area contributed by atoms with Crippen molar-refractivity contribution >= 4 is 0 Å². The van der Waals surface area contributed by atoms with E-state index in [1.54, 1.807) is 0 Å². The van der Waals surface area contributed by atoms with E-state index in [4.69, 9.17) is 0 Å². The normalized spacial score (nSPS) is 46.2. The summed E-state index contributed by atoms with van der Waals surface area (Å²) in [5, 5.41) is 9.78. The van der Waals surface area contributed by atoms with Crippen LogP contribution in [0.15, 0.2) is 11.6 Å². The van der Waals surface area contributed by atoms with Crippen molar-refractivity contribution in [2.75, 3.05) is 0 Å². The molecule has 1 fully saturated rings. The van der Waals surface area contributed by atoms with Gasteiger partial charge < -0.3 is 5.11 Å². The number of aliphatic hydroxyl groups excluding tert-OH is 1. The Kier molecular flexibility index (Phi) is 1.26. The second-order valence-corrected chi connectivity index (χ2v) is 4.58. The molecule has 11 heavy (non-hydrogen) atoms. The van der Waals surface area contributed by atoms with E-state index in [1.807, 2.05) is 0 Å². The van der Waals surface area contributed by atoms with Crippen molar-refractivity contribution in [3.63, 3.8) is 0 Å². The van der Waals surface area contributed by atoms with E-state index >= 15 is 0 Å². The minimum atomic E-state index is -0.0914. The summed E-state index contributed by atoms with van der Waals surface area (Å²) in [4.78, 5) is 0. The molecular weight excluding hydrogens is 136 g/mol. The monoisotopic (exact) mass is 152 g/mol. The molecule has 0 aliphatic heterocycles. The first-order valence-electron chi connectivity index (χ1n) is 4.40. The van der Waals surface area contributed by atoms with Crippen molar-refractivity contribution in [2.45, 2.75) is 33.3 Å². The summed E-state index contributed by atoms with van der Waals surface area (Å²) in [5.74, 6) is 1.21. The highest BCUT2D eigenvalue weighted by Crippen LogP contribution is 2.58. The van der Waals surface area contributed by atoms with Crippen LogP contribution in [0, 0.1) is 17.3 Å². The molecule has 1 N–H and O–H groups in total. The Labute approximate surface area is 68.1 Å². The van der Waals surface area contributed by atoms with E-state index < -0.39 is 0 Å². The van der Waals surface area contributed by atoms with Crippen LogP contribution in [0.1, 0.15) is 27.2 Å². The van der Waals surface area contributed by atoms with Crippen molar-refractivity contribution < 1.29 is 5.11 Å². The molecule has 0 saturated heterocycles. The van der Waals surface area contributed by atoms with Crippen molar-refractivity contribution in [1.82, 2.24) is 0 Å². The third-order valence-electron chi connectivity index (χ3n) is 3.71. The van der Waals surface area contributed by atoms with Crippen LogP contribution in [0.4, 0.5) is 0 Å². The summed E-state index contributed by atoms with van der Waals surface area (Å²) in [6.45, 7) is 6.49. The molecule has 0 bridgehead atoms. The van der Waals surface area contributed by atoms with E-state index in [0.29, 0.717) is 5.92 Å². The molecule has 3 atom stereocenters. The van der Waals surface area contributed by atoms with Crippen molar-refractivity contribution in [3.05, 3.63) is 11.6 Å². The predicted molar refractivity (Wildman–Crippen MR) is 45.1 cm³/mol. The van der Waals surface area contributed by atoms with Crippen molar-refractivity contribution in [2.24, 2.45) is 17.3 Å². The van der Waals surface area contributed by atoms with Crippen LogP contribution < -0.4 is 0 Å². The molecule has 1 nitrogen and oxygen atoms in total. The molecule has 0 aromatic rings. The van der Waals surface area contributed by atoms with Gasteiger partial charge in [0.2, 0.25) is 0 Å². The Bertz CT molecular complexity index is 215. The van der Waals surface area contributed by atoms with Crippen LogP contribution in [-0.2, 0) is 0 Å². The molecule has 2 aliphatic carbocycles. The smallest absolute Gasteiger partial charge is 0.0662 e. The molecule has 0 amide bonds. The molecule has 0 spiro atoms. The lowest BCUT2D eigenvalue weighted by Gasteiger charge is -2.54. The summed E-state index contributed by atoms with van der Waals surface area (Å²) in [7, 11) is 0. The topological polar surface area (TPSA) is 20.2 Å². The van der Waals surface area contributed by atoms with Crippen molar-refractivity contribution in [3.8, 4) is 0 Å². The van der Waals surface area contributed by atoms with Gasteiger partial charge in [0.05, 0.1) is 6.10 Å². The highest BCUT2D eigenvalue weighted by atomic mass is 16.3. The van der Waals surface area contributed by atoms with E-state index in [-0.39, 0.29) is 11.5 Å². The van der Waals surface area contributed by atoms with Gasteiger partial charge in [0.15, 0.2) is 0 Å². The molecule has 2 aliphatic rings. The molecule has 0 aromatic carbocycles. The molecule has 0 radical (unpaired) electrons. The number of hydrogen-bond acceptors (Lipinski definition) is 1. The largest absolute Gasteiger partial charge is 0.392 e. The molecule has 0 unspecified atom stereocenters. The third kappa shape index (κ3) is 0.698. The van der Waals surface area contributed by atoms with Gasteiger partial charge in [-0.25, -0.2) is 0 Å². The zero-order valence-electron chi connectivity index (χ0n) is 7.46. The van der Waals surface area contributed by atoms with Crippen LogP contribution in [0.2, 0.25) is 0 Å². The number of allylic oxidation sites excluding steroid dienone is 1. The van der Waals surface area contributed by atoms with Crippen molar-refractivity contribution in [1.29, 1.82) is 0 Å². The van der Waals surface area contributed by atoms with Crippen LogP contribution in [0.25, 0.3) is 0 Å². The summed E-state index contributed by atoms with van der Waals surface area (Å²) >= 11 is 0. The van der Waals surface area contributed by atoms with Gasteiger partial charge in [0.25, 0.3) is 0 Å². The second kappa shape index (κ2) is 1.89. The maximum atomic E-state index is 9.78. The Balaban J connectivity index is 2.22. The second-order valence-electron chi connectivity index (χ2n) is 4.58. The molecular formula is C10H16O. The van der Waals surface area contributed by atoms with Crippen LogP contribution in [0.3, 0.4) is 0 Å². The molecule has 2 rings (SSSR count). The third-order valence-corrected chi connectivity index (χ3v) is 3.71. The first-order chi connectivity index (χ1) is 5.05. The molecule has 0 aromatic heterocycles. The van der Waals surface area contributed by atoms with Crippen LogP contribution in [-0.4, -0.2) is 11.2 Å². The Morgan fingerprint density at radius 3 is 2.73 bits per heavy atom. The maximum Gasteiger partial charge on any atom is 0.0662 e. The Hall–Kier alpha value is -0.300. The summed E-state index contributed by atoms with van der Waals surface area (Å²) in [6, 6.07) is 0. The Morgan fingerprint density at radius 2 is 2.18 bits per heavy atom. The molecule has 62 valence electrons. The number of rotatable bonds is 0. The van der Waals surface area contributed by atoms with Gasteiger partial charge in [-0.05, 0) is 24.7 Å². The average Bonchev–Trinajstić information content (AvgIpc) is 2.29. The highest BCUT2D eigenvalue weighted by molar-refractivity contribution is 5.25. The van der Waals surface area contributed by atoms with Crippen LogP contribution in [0.5, 0.6) is 0 Å². The average molecular weight is 152 g/mol. The van der Waals surface area contributed by atoms with Gasteiger partial charge in [0, 0.05) is 5.92 Å². The van der Waals surface area contributed by atoms with E-state index in [0.717, 1.165) is 5.92 Å². The molecule has 1 heteroatoms. The van der Waals surface area contributed by atoms with Gasteiger partial charge >= 0.3 is 0 Å². The first-order valence-corrected chi connectivity index (χ1v) is 4.40. The highest BCUT2D eigenvalue weighted by Gasteiger charge is 2.57. The quantitative estimate of drug-likeness (QED) is 0.526. The number of hydrogen-bond donors (Lipinski definition) is 1. The fourth-order valence-corrected chi connectivity index (χ4v) is 2.71. The lowest BCUT2D eigenvalue weighted by molar-refractivity contribution is -0.135. The summed E-state index contributed by atoms with van der Waals surface area (Å²) < 4.78 is 0. The lowest BCUT2D eigenvalue weighted by Crippen LogP contribution is -2.56. The molecule has 1 saturated carbocycles. The summed E-state index contributed by atoms with van der Waals surface area (Å²) in [6.07, 6.45) is 3.37. The first kappa shape index (κ1) is 7.35. The van der Waals surface area contributed by atoms with Gasteiger partial charge in [-0.1, -0.05) is 25.5 Å². The van der Waals surface area contributed by atoms with E-state index in [1.165, 1.54) is 12.0 Å². The number of aliphatic hydroxyl groups is 1.